The Kier molecular flexibility index (Phi) is 3.32. The number of rotatable bonds is 4. The molecule has 0 aromatic carbocycles. The molecule has 80 valence electrons. The Morgan fingerprint density at radius 3 is 2.64 bits per heavy atom. The second kappa shape index (κ2) is 4.13. The number of hydrogen-bond donors (Lipinski definition) is 1. The summed E-state index contributed by atoms with van der Waals surface area (Å²) in [6.45, 7) is 6.29. The fourth-order valence-corrected chi connectivity index (χ4v) is 1.90. The van der Waals surface area contributed by atoms with Crippen LogP contribution in [0.3, 0.4) is 0 Å². The molecule has 1 atom stereocenters. The second-order valence-corrected chi connectivity index (χ2v) is 4.48. The molecule has 0 radical (unpaired) electrons. The van der Waals surface area contributed by atoms with Crippen molar-refractivity contribution in [1.29, 1.82) is 0 Å². The zero-order valence-corrected chi connectivity index (χ0v) is 9.67. The fraction of sp³-hybridized carbons (Fsp3) is 0.727. The minimum atomic E-state index is -0.102. The molecule has 1 aromatic heterocycles. The van der Waals surface area contributed by atoms with Gasteiger partial charge < -0.3 is 5.73 Å². The first-order valence-corrected chi connectivity index (χ1v) is 5.23. The molecule has 0 aliphatic rings. The van der Waals surface area contributed by atoms with E-state index < -0.39 is 0 Å². The normalized spacial score (nSPS) is 15.5. The van der Waals surface area contributed by atoms with Gasteiger partial charge in [0.05, 0.1) is 5.69 Å². The summed E-state index contributed by atoms with van der Waals surface area (Å²) in [5, 5.41) is 4.32. The molecule has 1 rings (SSSR count). The quantitative estimate of drug-likeness (QED) is 0.796. The predicted octanol–water partition coefficient (Wildman–Crippen LogP) is 1.79. The van der Waals surface area contributed by atoms with E-state index in [9.17, 15) is 0 Å². The highest BCUT2D eigenvalue weighted by atomic mass is 15.3. The molecule has 0 aliphatic heterocycles. The summed E-state index contributed by atoms with van der Waals surface area (Å²) in [6, 6.07) is 2.11. The van der Waals surface area contributed by atoms with Crippen molar-refractivity contribution in [3.8, 4) is 0 Å². The van der Waals surface area contributed by atoms with Gasteiger partial charge in [-0.15, -0.1) is 0 Å². The van der Waals surface area contributed by atoms with Crippen molar-refractivity contribution >= 4 is 0 Å². The van der Waals surface area contributed by atoms with Gasteiger partial charge in [0.2, 0.25) is 0 Å². The van der Waals surface area contributed by atoms with E-state index in [4.69, 9.17) is 5.73 Å². The van der Waals surface area contributed by atoms with E-state index in [1.807, 2.05) is 18.7 Å². The molecule has 1 aromatic rings. The minimum Gasteiger partial charge on any atom is -0.325 e. The van der Waals surface area contributed by atoms with Crippen molar-refractivity contribution in [2.45, 2.75) is 45.6 Å². The monoisotopic (exact) mass is 195 g/mol. The van der Waals surface area contributed by atoms with Crippen molar-refractivity contribution < 1.29 is 0 Å². The van der Waals surface area contributed by atoms with Crippen molar-refractivity contribution in [3.63, 3.8) is 0 Å². The summed E-state index contributed by atoms with van der Waals surface area (Å²) in [5.74, 6) is 0. The van der Waals surface area contributed by atoms with Gasteiger partial charge in [-0.05, 0) is 26.3 Å². The number of hydrogen-bond acceptors (Lipinski definition) is 2. The van der Waals surface area contributed by atoms with Crippen LogP contribution in [-0.2, 0) is 13.5 Å². The van der Waals surface area contributed by atoms with Gasteiger partial charge in [0.25, 0.3) is 0 Å². The van der Waals surface area contributed by atoms with E-state index in [1.54, 1.807) is 0 Å². The van der Waals surface area contributed by atoms with E-state index in [2.05, 4.69) is 25.0 Å². The number of aryl methyl sites for hydroxylation is 2. The standard InChI is InChI=1S/C11H21N3/c1-5-6-11(3,12)8-10-7-9(2)13-14(10)4/h7H,5-6,8,12H2,1-4H3. The van der Waals surface area contributed by atoms with Crippen molar-refractivity contribution in [3.05, 3.63) is 17.5 Å². The Bertz CT molecular complexity index is 299. The average molecular weight is 195 g/mol. The molecule has 1 heterocycles. The lowest BCUT2D eigenvalue weighted by Gasteiger charge is -2.23. The molecule has 0 aliphatic carbocycles. The van der Waals surface area contributed by atoms with E-state index in [0.29, 0.717) is 0 Å². The molecular weight excluding hydrogens is 174 g/mol. The maximum atomic E-state index is 6.20. The van der Waals surface area contributed by atoms with Crippen molar-refractivity contribution in [2.75, 3.05) is 0 Å². The first-order valence-electron chi connectivity index (χ1n) is 5.23. The summed E-state index contributed by atoms with van der Waals surface area (Å²) < 4.78 is 1.93. The molecule has 0 bridgehead atoms. The van der Waals surface area contributed by atoms with Gasteiger partial charge >= 0.3 is 0 Å². The molecule has 0 spiro atoms. The Morgan fingerprint density at radius 1 is 1.57 bits per heavy atom. The van der Waals surface area contributed by atoms with Crippen LogP contribution < -0.4 is 5.73 Å². The molecule has 2 N–H and O–H groups in total. The molecule has 14 heavy (non-hydrogen) atoms. The summed E-state index contributed by atoms with van der Waals surface area (Å²) in [7, 11) is 1.98. The van der Waals surface area contributed by atoms with Crippen LogP contribution in [0, 0.1) is 6.92 Å². The van der Waals surface area contributed by atoms with Gasteiger partial charge in [0.1, 0.15) is 0 Å². The lowest BCUT2D eigenvalue weighted by Crippen LogP contribution is -2.38. The van der Waals surface area contributed by atoms with Crippen LogP contribution in [0.25, 0.3) is 0 Å². The van der Waals surface area contributed by atoms with E-state index in [0.717, 1.165) is 25.0 Å². The van der Waals surface area contributed by atoms with Gasteiger partial charge in [0, 0.05) is 24.7 Å². The van der Waals surface area contributed by atoms with Crippen molar-refractivity contribution in [1.82, 2.24) is 9.78 Å². The average Bonchev–Trinajstić information content (AvgIpc) is 2.28. The predicted molar refractivity (Wildman–Crippen MR) is 59.1 cm³/mol. The molecule has 3 nitrogen and oxygen atoms in total. The Labute approximate surface area is 86.3 Å². The Morgan fingerprint density at radius 2 is 2.21 bits per heavy atom. The van der Waals surface area contributed by atoms with Gasteiger partial charge in [-0.1, -0.05) is 13.3 Å². The molecule has 0 fully saturated rings. The fourth-order valence-electron chi connectivity index (χ4n) is 1.90. The zero-order valence-electron chi connectivity index (χ0n) is 9.67. The highest BCUT2D eigenvalue weighted by Crippen LogP contribution is 2.16. The zero-order chi connectivity index (χ0) is 10.8. The highest BCUT2D eigenvalue weighted by molar-refractivity contribution is 5.11. The summed E-state index contributed by atoms with van der Waals surface area (Å²) in [5.41, 5.74) is 8.38. The number of nitrogens with zero attached hydrogens (tertiary/aromatic N) is 2. The number of nitrogens with two attached hydrogens (primary N) is 1. The SMILES string of the molecule is CCCC(C)(N)Cc1cc(C)nn1C. The lowest BCUT2D eigenvalue weighted by molar-refractivity contribution is 0.413. The summed E-state index contributed by atoms with van der Waals surface area (Å²) in [6.07, 6.45) is 3.08. The first kappa shape index (κ1) is 11.2. The maximum Gasteiger partial charge on any atom is 0.0596 e. The largest absolute Gasteiger partial charge is 0.325 e. The third-order valence-corrected chi connectivity index (χ3v) is 2.50. The van der Waals surface area contributed by atoms with Gasteiger partial charge in [0.15, 0.2) is 0 Å². The van der Waals surface area contributed by atoms with Crippen molar-refractivity contribution in [2.24, 2.45) is 12.8 Å². The molecular formula is C11H21N3. The summed E-state index contributed by atoms with van der Waals surface area (Å²) >= 11 is 0. The smallest absolute Gasteiger partial charge is 0.0596 e. The molecule has 0 saturated heterocycles. The minimum absolute atomic E-state index is 0.102. The van der Waals surface area contributed by atoms with Gasteiger partial charge in [-0.25, -0.2) is 0 Å². The lowest BCUT2D eigenvalue weighted by atomic mass is 9.92. The molecule has 0 saturated carbocycles. The molecule has 0 amide bonds. The third kappa shape index (κ3) is 2.84. The maximum absolute atomic E-state index is 6.20. The third-order valence-electron chi connectivity index (χ3n) is 2.50. The van der Waals surface area contributed by atoms with Crippen LogP contribution >= 0.6 is 0 Å². The van der Waals surface area contributed by atoms with Crippen LogP contribution in [-0.4, -0.2) is 15.3 Å². The summed E-state index contributed by atoms with van der Waals surface area (Å²) in [4.78, 5) is 0. The van der Waals surface area contributed by atoms with Crippen LogP contribution in [0.15, 0.2) is 6.07 Å². The van der Waals surface area contributed by atoms with E-state index in [1.165, 1.54) is 5.69 Å². The second-order valence-electron chi connectivity index (χ2n) is 4.48. The van der Waals surface area contributed by atoms with E-state index in [-0.39, 0.29) is 5.54 Å². The Hall–Kier alpha value is -0.830. The number of aromatic nitrogens is 2. The van der Waals surface area contributed by atoms with Gasteiger partial charge in [-0.3, -0.25) is 4.68 Å². The highest BCUT2D eigenvalue weighted by Gasteiger charge is 2.19. The molecule has 3 heteroatoms. The van der Waals surface area contributed by atoms with Gasteiger partial charge in [-0.2, -0.15) is 5.10 Å². The van der Waals surface area contributed by atoms with Crippen LogP contribution in [0.2, 0.25) is 0 Å². The van der Waals surface area contributed by atoms with Crippen LogP contribution in [0.4, 0.5) is 0 Å². The molecule has 1 unspecified atom stereocenters. The first-order chi connectivity index (χ1) is 6.44. The topological polar surface area (TPSA) is 43.8 Å². The van der Waals surface area contributed by atoms with Crippen LogP contribution in [0.5, 0.6) is 0 Å². The van der Waals surface area contributed by atoms with Crippen LogP contribution in [0.1, 0.15) is 38.1 Å². The Balaban J connectivity index is 2.72. The van der Waals surface area contributed by atoms with E-state index >= 15 is 0 Å².